The molecular formula is C11H19NO4. The van der Waals surface area contributed by atoms with Gasteiger partial charge in [0.25, 0.3) is 0 Å². The molecule has 1 fully saturated rings. The van der Waals surface area contributed by atoms with Gasteiger partial charge in [-0.15, -0.1) is 0 Å². The number of ether oxygens (including phenoxy) is 1. The number of carboxylic acid groups (broad SMARTS) is 1. The van der Waals surface area contributed by atoms with Crippen LogP contribution in [0, 0.1) is 5.92 Å². The Kier molecular flexibility index (Phi) is 4.58. The van der Waals surface area contributed by atoms with Crippen LogP contribution in [0.2, 0.25) is 0 Å². The van der Waals surface area contributed by atoms with Gasteiger partial charge in [-0.3, -0.25) is 4.79 Å². The number of hydrogen-bond donors (Lipinski definition) is 1. The van der Waals surface area contributed by atoms with Crippen LogP contribution in [0.5, 0.6) is 0 Å². The molecule has 1 aliphatic rings. The van der Waals surface area contributed by atoms with E-state index in [1.54, 1.807) is 18.7 Å². The van der Waals surface area contributed by atoms with Crippen molar-refractivity contribution in [3.63, 3.8) is 0 Å². The van der Waals surface area contributed by atoms with Gasteiger partial charge < -0.3 is 14.7 Å². The number of amides is 1. The van der Waals surface area contributed by atoms with Crippen LogP contribution in [0.25, 0.3) is 0 Å². The molecule has 16 heavy (non-hydrogen) atoms. The summed E-state index contributed by atoms with van der Waals surface area (Å²) < 4.78 is 5.08. The van der Waals surface area contributed by atoms with Gasteiger partial charge in [-0.25, -0.2) is 4.79 Å². The van der Waals surface area contributed by atoms with Gasteiger partial charge in [0, 0.05) is 19.5 Å². The zero-order valence-corrected chi connectivity index (χ0v) is 9.81. The Labute approximate surface area is 95.4 Å². The Bertz CT molecular complexity index is 265. The van der Waals surface area contributed by atoms with Crippen LogP contribution in [0.3, 0.4) is 0 Å². The summed E-state index contributed by atoms with van der Waals surface area (Å²) in [7, 11) is 0. The number of carbonyl (C=O) groups excluding carboxylic acids is 1. The third-order valence-electron chi connectivity index (χ3n) is 2.58. The molecule has 5 nitrogen and oxygen atoms in total. The highest BCUT2D eigenvalue weighted by atomic mass is 16.6. The molecule has 1 saturated heterocycles. The lowest BCUT2D eigenvalue weighted by atomic mass is 9.95. The fraction of sp³-hybridized carbons (Fsp3) is 0.818. The number of hydrogen-bond acceptors (Lipinski definition) is 3. The standard InChI is InChI=1S/C11H19NO4/c1-8(2)16-11(15)12-5-3-4-9(7-12)6-10(13)14/h8-9H,3-7H2,1-2H3,(H,13,14). The zero-order valence-electron chi connectivity index (χ0n) is 9.81. The van der Waals surface area contributed by atoms with Gasteiger partial charge in [0.15, 0.2) is 0 Å². The molecule has 1 aliphatic heterocycles. The highest BCUT2D eigenvalue weighted by Crippen LogP contribution is 2.20. The summed E-state index contributed by atoms with van der Waals surface area (Å²) in [5.74, 6) is -0.741. The predicted molar refractivity (Wildman–Crippen MR) is 58.2 cm³/mol. The minimum atomic E-state index is -0.802. The highest BCUT2D eigenvalue weighted by Gasteiger charge is 2.26. The summed E-state index contributed by atoms with van der Waals surface area (Å²) in [6.45, 7) is 4.77. The van der Waals surface area contributed by atoms with E-state index in [1.807, 2.05) is 0 Å². The zero-order chi connectivity index (χ0) is 12.1. The van der Waals surface area contributed by atoms with E-state index in [9.17, 15) is 9.59 Å². The molecule has 1 unspecified atom stereocenters. The van der Waals surface area contributed by atoms with Gasteiger partial charge >= 0.3 is 12.1 Å². The normalized spacial score (nSPS) is 20.9. The first kappa shape index (κ1) is 12.8. The molecule has 92 valence electrons. The van der Waals surface area contributed by atoms with Crippen LogP contribution in [0.15, 0.2) is 0 Å². The summed E-state index contributed by atoms with van der Waals surface area (Å²) >= 11 is 0. The monoisotopic (exact) mass is 229 g/mol. The summed E-state index contributed by atoms with van der Waals surface area (Å²) in [5.41, 5.74) is 0. The summed E-state index contributed by atoms with van der Waals surface area (Å²) in [4.78, 5) is 23.8. The van der Waals surface area contributed by atoms with Crippen LogP contribution >= 0.6 is 0 Å². The largest absolute Gasteiger partial charge is 0.481 e. The van der Waals surface area contributed by atoms with E-state index in [1.165, 1.54) is 0 Å². The number of carbonyl (C=O) groups is 2. The molecule has 0 saturated carbocycles. The lowest BCUT2D eigenvalue weighted by molar-refractivity contribution is -0.138. The lowest BCUT2D eigenvalue weighted by Gasteiger charge is -2.31. The van der Waals surface area contributed by atoms with Gasteiger partial charge in [0.1, 0.15) is 0 Å². The minimum Gasteiger partial charge on any atom is -0.481 e. The van der Waals surface area contributed by atoms with Crippen molar-refractivity contribution in [2.75, 3.05) is 13.1 Å². The first-order valence-electron chi connectivity index (χ1n) is 5.66. The summed E-state index contributed by atoms with van der Waals surface area (Å²) in [5, 5.41) is 8.70. The fourth-order valence-electron chi connectivity index (χ4n) is 1.92. The van der Waals surface area contributed by atoms with E-state index in [-0.39, 0.29) is 24.5 Å². The van der Waals surface area contributed by atoms with E-state index >= 15 is 0 Å². The van der Waals surface area contributed by atoms with Crippen LogP contribution in [0.1, 0.15) is 33.1 Å². The number of rotatable bonds is 3. The molecule has 0 radical (unpaired) electrons. The topological polar surface area (TPSA) is 66.8 Å². The molecule has 0 spiro atoms. The molecule has 5 heteroatoms. The Morgan fingerprint density at radius 1 is 1.50 bits per heavy atom. The molecule has 0 aromatic rings. The Morgan fingerprint density at radius 2 is 2.19 bits per heavy atom. The molecule has 1 rings (SSSR count). The fourth-order valence-corrected chi connectivity index (χ4v) is 1.92. The molecule has 0 aromatic heterocycles. The maximum absolute atomic E-state index is 11.6. The van der Waals surface area contributed by atoms with Crippen LogP contribution in [-0.4, -0.2) is 41.3 Å². The van der Waals surface area contributed by atoms with Crippen molar-refractivity contribution in [3.05, 3.63) is 0 Å². The highest BCUT2D eigenvalue weighted by molar-refractivity contribution is 5.69. The third-order valence-corrected chi connectivity index (χ3v) is 2.58. The maximum atomic E-state index is 11.6. The lowest BCUT2D eigenvalue weighted by Crippen LogP contribution is -2.41. The molecule has 1 heterocycles. The Hall–Kier alpha value is -1.26. The Balaban J connectivity index is 2.43. The van der Waals surface area contributed by atoms with Crippen molar-refractivity contribution in [1.29, 1.82) is 0 Å². The minimum absolute atomic E-state index is 0.0611. The van der Waals surface area contributed by atoms with Crippen molar-refractivity contribution in [2.45, 2.75) is 39.2 Å². The first-order chi connectivity index (χ1) is 7.49. The van der Waals surface area contributed by atoms with E-state index in [4.69, 9.17) is 9.84 Å². The first-order valence-corrected chi connectivity index (χ1v) is 5.66. The SMILES string of the molecule is CC(C)OC(=O)N1CCCC(CC(=O)O)C1. The van der Waals surface area contributed by atoms with Crippen molar-refractivity contribution >= 4 is 12.1 Å². The van der Waals surface area contributed by atoms with E-state index < -0.39 is 5.97 Å². The summed E-state index contributed by atoms with van der Waals surface area (Å²) in [6, 6.07) is 0. The number of likely N-dealkylation sites (tertiary alicyclic amines) is 1. The summed E-state index contributed by atoms with van der Waals surface area (Å²) in [6.07, 6.45) is 1.39. The van der Waals surface area contributed by atoms with Gasteiger partial charge in [0.05, 0.1) is 6.10 Å². The molecule has 1 N–H and O–H groups in total. The number of nitrogens with zero attached hydrogens (tertiary/aromatic N) is 1. The Morgan fingerprint density at radius 3 is 2.75 bits per heavy atom. The average Bonchev–Trinajstić information content (AvgIpc) is 2.16. The van der Waals surface area contributed by atoms with Crippen LogP contribution in [0.4, 0.5) is 4.79 Å². The van der Waals surface area contributed by atoms with Gasteiger partial charge in [-0.05, 0) is 32.6 Å². The van der Waals surface area contributed by atoms with Crippen molar-refractivity contribution in [3.8, 4) is 0 Å². The second-order valence-electron chi connectivity index (χ2n) is 4.48. The average molecular weight is 229 g/mol. The number of carboxylic acids is 1. The van der Waals surface area contributed by atoms with Crippen molar-refractivity contribution in [2.24, 2.45) is 5.92 Å². The van der Waals surface area contributed by atoms with E-state index in [0.717, 1.165) is 12.8 Å². The van der Waals surface area contributed by atoms with Gasteiger partial charge in [-0.1, -0.05) is 0 Å². The molecule has 0 aromatic carbocycles. The molecule has 1 amide bonds. The molecule has 1 atom stereocenters. The quantitative estimate of drug-likeness (QED) is 0.800. The van der Waals surface area contributed by atoms with Crippen molar-refractivity contribution in [1.82, 2.24) is 4.90 Å². The maximum Gasteiger partial charge on any atom is 0.410 e. The third kappa shape index (κ3) is 4.08. The van der Waals surface area contributed by atoms with Gasteiger partial charge in [-0.2, -0.15) is 0 Å². The molecule has 0 aliphatic carbocycles. The van der Waals surface area contributed by atoms with Crippen LogP contribution in [-0.2, 0) is 9.53 Å². The number of piperidine rings is 1. The molecular weight excluding hydrogens is 210 g/mol. The second kappa shape index (κ2) is 5.72. The smallest absolute Gasteiger partial charge is 0.410 e. The van der Waals surface area contributed by atoms with E-state index in [0.29, 0.717) is 13.1 Å². The van der Waals surface area contributed by atoms with Gasteiger partial charge in [0.2, 0.25) is 0 Å². The van der Waals surface area contributed by atoms with Crippen molar-refractivity contribution < 1.29 is 19.4 Å². The second-order valence-corrected chi connectivity index (χ2v) is 4.48. The van der Waals surface area contributed by atoms with Crippen LogP contribution < -0.4 is 0 Å². The number of aliphatic carboxylic acids is 1. The predicted octanol–water partition coefficient (Wildman–Crippen LogP) is 1.72. The molecule has 0 bridgehead atoms. The van der Waals surface area contributed by atoms with E-state index in [2.05, 4.69) is 0 Å².